The SMILES string of the molecule is Nc1ccnc(-c2ccc(F)c(F)c2F)n1. The lowest BCUT2D eigenvalue weighted by molar-refractivity contribution is 0.448. The first-order valence-corrected chi connectivity index (χ1v) is 4.32. The average molecular weight is 225 g/mol. The Morgan fingerprint density at radius 3 is 2.44 bits per heavy atom. The zero-order valence-corrected chi connectivity index (χ0v) is 7.92. The fourth-order valence-corrected chi connectivity index (χ4v) is 1.20. The summed E-state index contributed by atoms with van der Waals surface area (Å²) >= 11 is 0. The number of nitrogens with zero attached hydrogens (tertiary/aromatic N) is 2. The van der Waals surface area contributed by atoms with E-state index in [-0.39, 0.29) is 17.2 Å². The molecule has 1 aromatic heterocycles. The van der Waals surface area contributed by atoms with Gasteiger partial charge in [-0.1, -0.05) is 0 Å². The molecule has 0 atom stereocenters. The predicted molar refractivity (Wildman–Crippen MR) is 51.8 cm³/mol. The molecule has 0 saturated heterocycles. The lowest BCUT2D eigenvalue weighted by Crippen LogP contribution is -1.99. The molecular weight excluding hydrogens is 219 g/mol. The van der Waals surface area contributed by atoms with Crippen molar-refractivity contribution in [1.29, 1.82) is 0 Å². The van der Waals surface area contributed by atoms with E-state index >= 15 is 0 Å². The van der Waals surface area contributed by atoms with E-state index in [0.29, 0.717) is 0 Å². The van der Waals surface area contributed by atoms with Crippen molar-refractivity contribution in [1.82, 2.24) is 9.97 Å². The number of anilines is 1. The molecule has 0 radical (unpaired) electrons. The summed E-state index contributed by atoms with van der Waals surface area (Å²) in [4.78, 5) is 7.43. The second-order valence-electron chi connectivity index (χ2n) is 3.03. The van der Waals surface area contributed by atoms with Gasteiger partial charge in [-0.05, 0) is 18.2 Å². The van der Waals surface area contributed by atoms with Crippen LogP contribution in [0.25, 0.3) is 11.4 Å². The Labute approximate surface area is 88.8 Å². The van der Waals surface area contributed by atoms with Gasteiger partial charge in [0.25, 0.3) is 0 Å². The molecule has 3 nitrogen and oxygen atoms in total. The van der Waals surface area contributed by atoms with Crippen molar-refractivity contribution in [3.05, 3.63) is 41.8 Å². The summed E-state index contributed by atoms with van der Waals surface area (Å²) in [7, 11) is 0. The second-order valence-corrected chi connectivity index (χ2v) is 3.03. The summed E-state index contributed by atoms with van der Waals surface area (Å²) in [6, 6.07) is 3.27. The van der Waals surface area contributed by atoms with Crippen molar-refractivity contribution in [3.63, 3.8) is 0 Å². The van der Waals surface area contributed by atoms with Crippen molar-refractivity contribution < 1.29 is 13.2 Å². The van der Waals surface area contributed by atoms with Crippen LogP contribution in [0.3, 0.4) is 0 Å². The van der Waals surface area contributed by atoms with Crippen LogP contribution in [0.1, 0.15) is 0 Å². The molecule has 16 heavy (non-hydrogen) atoms. The van der Waals surface area contributed by atoms with Crippen LogP contribution in [0.4, 0.5) is 19.0 Å². The smallest absolute Gasteiger partial charge is 0.195 e. The maximum atomic E-state index is 13.3. The molecule has 2 aromatic rings. The maximum absolute atomic E-state index is 13.3. The highest BCUT2D eigenvalue weighted by Gasteiger charge is 2.16. The van der Waals surface area contributed by atoms with Gasteiger partial charge in [0.1, 0.15) is 5.82 Å². The van der Waals surface area contributed by atoms with Crippen molar-refractivity contribution in [2.75, 3.05) is 5.73 Å². The molecule has 0 fully saturated rings. The summed E-state index contributed by atoms with van der Waals surface area (Å²) in [5.41, 5.74) is 5.14. The molecule has 0 amide bonds. The van der Waals surface area contributed by atoms with Gasteiger partial charge in [-0.15, -0.1) is 0 Å². The number of aromatic nitrogens is 2. The van der Waals surface area contributed by atoms with Gasteiger partial charge < -0.3 is 5.73 Å². The van der Waals surface area contributed by atoms with Gasteiger partial charge in [-0.25, -0.2) is 23.1 Å². The minimum Gasteiger partial charge on any atom is -0.384 e. The van der Waals surface area contributed by atoms with Crippen LogP contribution in [-0.2, 0) is 0 Å². The van der Waals surface area contributed by atoms with Gasteiger partial charge in [-0.3, -0.25) is 0 Å². The van der Waals surface area contributed by atoms with E-state index in [4.69, 9.17) is 5.73 Å². The monoisotopic (exact) mass is 225 g/mol. The summed E-state index contributed by atoms with van der Waals surface area (Å²) in [5, 5.41) is 0. The summed E-state index contributed by atoms with van der Waals surface area (Å²) in [5.74, 6) is -4.11. The quantitative estimate of drug-likeness (QED) is 0.756. The summed E-state index contributed by atoms with van der Waals surface area (Å²) in [6.45, 7) is 0. The number of benzene rings is 1. The number of hydrogen-bond donors (Lipinski definition) is 1. The van der Waals surface area contributed by atoms with Crippen LogP contribution in [0, 0.1) is 17.5 Å². The first-order chi connectivity index (χ1) is 7.59. The Hall–Kier alpha value is -2.11. The molecule has 0 spiro atoms. The standard InChI is InChI=1S/C10H6F3N3/c11-6-2-1-5(8(12)9(6)13)10-15-4-3-7(14)16-10/h1-4H,(H2,14,15,16). The largest absolute Gasteiger partial charge is 0.384 e. The van der Waals surface area contributed by atoms with Crippen LogP contribution < -0.4 is 5.73 Å². The van der Waals surface area contributed by atoms with Crippen LogP contribution in [-0.4, -0.2) is 9.97 Å². The first-order valence-electron chi connectivity index (χ1n) is 4.32. The molecule has 0 aliphatic heterocycles. The zero-order chi connectivity index (χ0) is 11.7. The first kappa shape index (κ1) is 10.4. The zero-order valence-electron chi connectivity index (χ0n) is 7.92. The fourth-order valence-electron chi connectivity index (χ4n) is 1.20. The molecule has 2 N–H and O–H groups in total. The Morgan fingerprint density at radius 1 is 1.00 bits per heavy atom. The molecule has 0 unspecified atom stereocenters. The van der Waals surface area contributed by atoms with E-state index in [9.17, 15) is 13.2 Å². The van der Waals surface area contributed by atoms with Gasteiger partial charge in [0.05, 0.1) is 5.56 Å². The highest BCUT2D eigenvalue weighted by Crippen LogP contribution is 2.23. The lowest BCUT2D eigenvalue weighted by Gasteiger charge is -2.03. The van der Waals surface area contributed by atoms with Crippen molar-refractivity contribution in [2.45, 2.75) is 0 Å². The van der Waals surface area contributed by atoms with Crippen LogP contribution in [0.2, 0.25) is 0 Å². The minimum atomic E-state index is -1.55. The Morgan fingerprint density at radius 2 is 1.75 bits per heavy atom. The molecule has 6 heteroatoms. The van der Waals surface area contributed by atoms with Crippen molar-refractivity contribution in [3.8, 4) is 11.4 Å². The number of nitrogen functional groups attached to an aromatic ring is 1. The van der Waals surface area contributed by atoms with Crippen LogP contribution in [0.5, 0.6) is 0 Å². The molecular formula is C10H6F3N3. The number of nitrogens with two attached hydrogens (primary N) is 1. The number of rotatable bonds is 1. The summed E-state index contributed by atoms with van der Waals surface area (Å²) < 4.78 is 39.0. The van der Waals surface area contributed by atoms with Gasteiger partial charge >= 0.3 is 0 Å². The molecule has 0 aliphatic carbocycles. The molecule has 2 rings (SSSR count). The van der Waals surface area contributed by atoms with Crippen molar-refractivity contribution in [2.24, 2.45) is 0 Å². The highest BCUT2D eigenvalue weighted by molar-refractivity contribution is 5.57. The minimum absolute atomic E-state index is 0.0867. The van der Waals surface area contributed by atoms with E-state index in [1.54, 1.807) is 0 Å². The third kappa shape index (κ3) is 1.69. The number of halogens is 3. The van der Waals surface area contributed by atoms with E-state index in [2.05, 4.69) is 9.97 Å². The lowest BCUT2D eigenvalue weighted by atomic mass is 10.2. The Kier molecular flexibility index (Phi) is 2.47. The van der Waals surface area contributed by atoms with Gasteiger partial charge in [0.15, 0.2) is 23.3 Å². The number of hydrogen-bond acceptors (Lipinski definition) is 3. The Balaban J connectivity index is 2.61. The summed E-state index contributed by atoms with van der Waals surface area (Å²) in [6.07, 6.45) is 1.30. The predicted octanol–water partition coefficient (Wildman–Crippen LogP) is 2.14. The average Bonchev–Trinajstić information content (AvgIpc) is 2.26. The van der Waals surface area contributed by atoms with E-state index in [1.165, 1.54) is 12.3 Å². The molecule has 0 saturated carbocycles. The highest BCUT2D eigenvalue weighted by atomic mass is 19.2. The van der Waals surface area contributed by atoms with Crippen molar-refractivity contribution >= 4 is 5.82 Å². The topological polar surface area (TPSA) is 51.8 Å². The van der Waals surface area contributed by atoms with Crippen LogP contribution in [0.15, 0.2) is 24.4 Å². The van der Waals surface area contributed by atoms with E-state index in [1.807, 2.05) is 0 Å². The van der Waals surface area contributed by atoms with Gasteiger partial charge in [0, 0.05) is 6.20 Å². The van der Waals surface area contributed by atoms with E-state index in [0.717, 1.165) is 12.1 Å². The molecule has 1 aromatic carbocycles. The van der Waals surface area contributed by atoms with Crippen LogP contribution >= 0.6 is 0 Å². The van der Waals surface area contributed by atoms with Gasteiger partial charge in [-0.2, -0.15) is 0 Å². The fraction of sp³-hybridized carbons (Fsp3) is 0. The van der Waals surface area contributed by atoms with Gasteiger partial charge in [0.2, 0.25) is 0 Å². The Bertz CT molecular complexity index is 543. The molecule has 82 valence electrons. The van der Waals surface area contributed by atoms with E-state index < -0.39 is 17.5 Å². The second kappa shape index (κ2) is 3.80. The molecule has 0 aliphatic rings. The maximum Gasteiger partial charge on any atom is 0.195 e. The normalized spacial score (nSPS) is 10.4. The third-order valence-electron chi connectivity index (χ3n) is 1.95. The molecule has 1 heterocycles. The molecule has 0 bridgehead atoms. The third-order valence-corrected chi connectivity index (χ3v) is 1.95.